The molecule has 1 rings (SSSR count). The number of rotatable bonds is 8. The number of carboxylic acid groups (broad SMARTS) is 1. The van der Waals surface area contributed by atoms with Crippen molar-refractivity contribution in [3.63, 3.8) is 0 Å². The fraction of sp³-hybridized carbons (Fsp3) is 0.636. The summed E-state index contributed by atoms with van der Waals surface area (Å²) in [6, 6.07) is -0.315. The molecule has 2 amide bonds. The Hall–Kier alpha value is -1.70. The molecule has 7 nitrogen and oxygen atoms in total. The van der Waals surface area contributed by atoms with Gasteiger partial charge >= 0.3 is 12.0 Å². The van der Waals surface area contributed by atoms with Gasteiger partial charge in [0.2, 0.25) is 5.13 Å². The van der Waals surface area contributed by atoms with Crippen molar-refractivity contribution >= 4 is 28.5 Å². The maximum absolute atomic E-state index is 11.5. The number of urea groups is 1. The van der Waals surface area contributed by atoms with E-state index in [0.717, 1.165) is 12.8 Å². The van der Waals surface area contributed by atoms with Crippen LogP contribution in [0.3, 0.4) is 0 Å². The number of aromatic nitrogens is 2. The monoisotopic (exact) mass is 286 g/mol. The summed E-state index contributed by atoms with van der Waals surface area (Å²) >= 11 is 1.25. The first kappa shape index (κ1) is 15.4. The van der Waals surface area contributed by atoms with Crippen molar-refractivity contribution in [2.24, 2.45) is 5.92 Å². The number of carboxylic acids is 1. The Morgan fingerprint density at radius 3 is 2.84 bits per heavy atom. The van der Waals surface area contributed by atoms with E-state index in [1.54, 1.807) is 0 Å². The summed E-state index contributed by atoms with van der Waals surface area (Å²) in [6.45, 7) is 2.54. The third-order valence-corrected chi connectivity index (χ3v) is 3.37. The molecule has 3 N–H and O–H groups in total. The van der Waals surface area contributed by atoms with E-state index in [0.29, 0.717) is 24.0 Å². The van der Waals surface area contributed by atoms with Gasteiger partial charge in [0.15, 0.2) is 0 Å². The van der Waals surface area contributed by atoms with Gasteiger partial charge in [0.1, 0.15) is 5.51 Å². The SMILES string of the molecule is CCC(CCNC(=O)Nc1nncs1)CCC(=O)O. The fourth-order valence-electron chi connectivity index (χ4n) is 1.64. The van der Waals surface area contributed by atoms with Gasteiger partial charge in [-0.05, 0) is 18.8 Å². The van der Waals surface area contributed by atoms with Crippen LogP contribution in [0.2, 0.25) is 0 Å². The van der Waals surface area contributed by atoms with Gasteiger partial charge in [-0.15, -0.1) is 10.2 Å². The molecule has 1 unspecified atom stereocenters. The van der Waals surface area contributed by atoms with Crippen LogP contribution >= 0.6 is 11.3 Å². The average molecular weight is 286 g/mol. The molecule has 0 fully saturated rings. The summed E-state index contributed by atoms with van der Waals surface area (Å²) in [6.07, 6.45) is 2.50. The lowest BCUT2D eigenvalue weighted by Crippen LogP contribution is -2.30. The quantitative estimate of drug-likeness (QED) is 0.677. The highest BCUT2D eigenvalue weighted by atomic mass is 32.1. The number of nitrogens with one attached hydrogen (secondary N) is 2. The zero-order valence-corrected chi connectivity index (χ0v) is 11.6. The largest absolute Gasteiger partial charge is 0.481 e. The summed E-state index contributed by atoms with van der Waals surface area (Å²) in [7, 11) is 0. The lowest BCUT2D eigenvalue weighted by Gasteiger charge is -2.13. The number of hydrogen-bond donors (Lipinski definition) is 3. The van der Waals surface area contributed by atoms with E-state index in [1.165, 1.54) is 16.8 Å². The fourth-order valence-corrected chi connectivity index (χ4v) is 2.08. The van der Waals surface area contributed by atoms with E-state index < -0.39 is 5.97 Å². The predicted molar refractivity (Wildman–Crippen MR) is 72.2 cm³/mol. The molecule has 0 saturated heterocycles. The van der Waals surface area contributed by atoms with Crippen LogP contribution < -0.4 is 10.6 Å². The highest BCUT2D eigenvalue weighted by Gasteiger charge is 2.10. The Labute approximate surface area is 115 Å². The summed E-state index contributed by atoms with van der Waals surface area (Å²) in [4.78, 5) is 22.0. The third kappa shape index (κ3) is 6.70. The number of nitrogens with zero attached hydrogens (tertiary/aromatic N) is 2. The van der Waals surface area contributed by atoms with Crippen molar-refractivity contribution in [2.75, 3.05) is 11.9 Å². The standard InChI is InChI=1S/C11H18N4O3S/c1-2-8(3-4-9(16)17)5-6-12-10(18)14-11-15-13-7-19-11/h7-8H,2-6H2,1H3,(H,16,17)(H2,12,14,15,18). The molecular formula is C11H18N4O3S. The van der Waals surface area contributed by atoms with Gasteiger partial charge in [0.25, 0.3) is 0 Å². The van der Waals surface area contributed by atoms with Gasteiger partial charge in [-0.2, -0.15) is 0 Å². The van der Waals surface area contributed by atoms with Crippen molar-refractivity contribution < 1.29 is 14.7 Å². The molecular weight excluding hydrogens is 268 g/mol. The molecule has 106 valence electrons. The van der Waals surface area contributed by atoms with Crippen LogP contribution in [0.4, 0.5) is 9.93 Å². The molecule has 19 heavy (non-hydrogen) atoms. The van der Waals surface area contributed by atoms with Crippen LogP contribution in [-0.2, 0) is 4.79 Å². The van der Waals surface area contributed by atoms with Crippen LogP contribution in [0.1, 0.15) is 32.6 Å². The van der Waals surface area contributed by atoms with Gasteiger partial charge in [-0.1, -0.05) is 24.7 Å². The zero-order chi connectivity index (χ0) is 14.1. The zero-order valence-electron chi connectivity index (χ0n) is 10.8. The second-order valence-corrected chi connectivity index (χ2v) is 4.95. The van der Waals surface area contributed by atoms with Gasteiger partial charge in [0.05, 0.1) is 0 Å². The molecule has 1 aromatic rings. The number of carbonyl (C=O) groups excluding carboxylic acids is 1. The van der Waals surface area contributed by atoms with Crippen LogP contribution in [0.25, 0.3) is 0 Å². The third-order valence-electron chi connectivity index (χ3n) is 2.76. The maximum atomic E-state index is 11.5. The van der Waals surface area contributed by atoms with Gasteiger partial charge in [-0.25, -0.2) is 4.79 Å². The van der Waals surface area contributed by atoms with E-state index in [4.69, 9.17) is 5.11 Å². The Morgan fingerprint density at radius 1 is 1.47 bits per heavy atom. The smallest absolute Gasteiger partial charge is 0.321 e. The normalized spacial score (nSPS) is 11.8. The Morgan fingerprint density at radius 2 is 2.26 bits per heavy atom. The summed E-state index contributed by atoms with van der Waals surface area (Å²) in [5.74, 6) is -0.460. The number of amides is 2. The summed E-state index contributed by atoms with van der Waals surface area (Å²) < 4.78 is 0. The molecule has 0 bridgehead atoms. The lowest BCUT2D eigenvalue weighted by molar-refractivity contribution is -0.137. The minimum atomic E-state index is -0.777. The lowest BCUT2D eigenvalue weighted by atomic mass is 9.97. The second-order valence-electron chi connectivity index (χ2n) is 4.12. The van der Waals surface area contributed by atoms with E-state index in [-0.39, 0.29) is 12.5 Å². The maximum Gasteiger partial charge on any atom is 0.321 e. The Kier molecular flexibility index (Phi) is 6.80. The van der Waals surface area contributed by atoms with Gasteiger partial charge < -0.3 is 10.4 Å². The van der Waals surface area contributed by atoms with Gasteiger partial charge in [-0.3, -0.25) is 10.1 Å². The molecule has 0 aromatic carbocycles. The minimum absolute atomic E-state index is 0.176. The minimum Gasteiger partial charge on any atom is -0.481 e. The average Bonchev–Trinajstić information content (AvgIpc) is 2.86. The molecule has 1 heterocycles. The van der Waals surface area contributed by atoms with E-state index in [9.17, 15) is 9.59 Å². The van der Waals surface area contributed by atoms with Crippen LogP contribution in [-0.4, -0.2) is 33.8 Å². The second kappa shape index (κ2) is 8.41. The van der Waals surface area contributed by atoms with Crippen LogP contribution in [0, 0.1) is 5.92 Å². The van der Waals surface area contributed by atoms with E-state index in [2.05, 4.69) is 20.8 Å². The molecule has 0 spiro atoms. The van der Waals surface area contributed by atoms with Gasteiger partial charge in [0, 0.05) is 13.0 Å². The van der Waals surface area contributed by atoms with Crippen LogP contribution in [0.5, 0.6) is 0 Å². The molecule has 0 aliphatic heterocycles. The first-order valence-electron chi connectivity index (χ1n) is 6.14. The summed E-state index contributed by atoms with van der Waals surface area (Å²) in [5.41, 5.74) is 1.54. The van der Waals surface area contributed by atoms with E-state index in [1.807, 2.05) is 6.92 Å². The summed E-state index contributed by atoms with van der Waals surface area (Å²) in [5, 5.41) is 21.7. The van der Waals surface area contributed by atoms with E-state index >= 15 is 0 Å². The highest BCUT2D eigenvalue weighted by Crippen LogP contribution is 2.14. The van der Waals surface area contributed by atoms with Crippen molar-refractivity contribution in [1.29, 1.82) is 0 Å². The number of carbonyl (C=O) groups is 2. The van der Waals surface area contributed by atoms with Crippen molar-refractivity contribution in [1.82, 2.24) is 15.5 Å². The number of hydrogen-bond acceptors (Lipinski definition) is 5. The molecule has 1 atom stereocenters. The Balaban J connectivity index is 2.17. The van der Waals surface area contributed by atoms with Crippen molar-refractivity contribution in [2.45, 2.75) is 32.6 Å². The molecule has 8 heteroatoms. The predicted octanol–water partition coefficient (Wildman–Crippen LogP) is 1.94. The number of aliphatic carboxylic acids is 1. The molecule has 1 aromatic heterocycles. The molecule has 0 aliphatic carbocycles. The molecule has 0 saturated carbocycles. The van der Waals surface area contributed by atoms with Crippen molar-refractivity contribution in [3.05, 3.63) is 5.51 Å². The molecule has 0 radical (unpaired) electrons. The topological polar surface area (TPSA) is 104 Å². The number of anilines is 1. The van der Waals surface area contributed by atoms with Crippen molar-refractivity contribution in [3.8, 4) is 0 Å². The first-order chi connectivity index (χ1) is 9.11. The van der Waals surface area contributed by atoms with Crippen LogP contribution in [0.15, 0.2) is 5.51 Å². The Bertz CT molecular complexity index is 397. The molecule has 0 aliphatic rings. The first-order valence-corrected chi connectivity index (χ1v) is 7.02. The highest BCUT2D eigenvalue weighted by molar-refractivity contribution is 7.13.